The summed E-state index contributed by atoms with van der Waals surface area (Å²) in [5.41, 5.74) is -0.765. The molecule has 19 heavy (non-hydrogen) atoms. The highest BCUT2D eigenvalue weighted by molar-refractivity contribution is 5.93. The smallest absolute Gasteiger partial charge is 0.416 e. The van der Waals surface area contributed by atoms with Crippen LogP contribution in [0.5, 0.6) is 0 Å². The summed E-state index contributed by atoms with van der Waals surface area (Å²) in [5, 5.41) is 9.11. The molecule has 1 N–H and O–H groups in total. The number of halogens is 3. The second-order valence-corrected chi connectivity index (χ2v) is 5.23. The first-order chi connectivity index (χ1) is 8.51. The quantitative estimate of drug-likeness (QED) is 0.818. The predicted molar refractivity (Wildman–Crippen MR) is 66.5 cm³/mol. The largest absolute Gasteiger partial charge is 0.478 e. The molecule has 0 aliphatic heterocycles. The highest BCUT2D eigenvalue weighted by Crippen LogP contribution is 2.31. The lowest BCUT2D eigenvalue weighted by atomic mass is 9.85. The molecule has 5 heteroatoms. The molecule has 0 aromatic heterocycles. The molecule has 0 atom stereocenters. The minimum Gasteiger partial charge on any atom is -0.478 e. The number of hydrogen-bond acceptors (Lipinski definition) is 1. The average Bonchev–Trinajstić information content (AvgIpc) is 2.23. The lowest BCUT2D eigenvalue weighted by Gasteiger charge is -2.19. The van der Waals surface area contributed by atoms with Crippen LogP contribution in [0.15, 0.2) is 29.8 Å². The van der Waals surface area contributed by atoms with E-state index >= 15 is 0 Å². The summed E-state index contributed by atoms with van der Waals surface area (Å²) in [4.78, 5) is 11.1. The molecule has 1 rings (SSSR count). The van der Waals surface area contributed by atoms with Crippen LogP contribution >= 0.6 is 0 Å². The number of alkyl halides is 3. The zero-order valence-electron chi connectivity index (χ0n) is 10.9. The summed E-state index contributed by atoms with van der Waals surface area (Å²) < 4.78 is 37.2. The van der Waals surface area contributed by atoms with E-state index in [0.717, 1.165) is 12.1 Å². The monoisotopic (exact) mass is 272 g/mol. The molecule has 0 spiro atoms. The first kappa shape index (κ1) is 15.3. The standard InChI is InChI=1S/C14H15F3O2/c1-13(2,3)11(12(18)19)8-9-4-6-10(7-5-9)14(15,16)17/h4-8H,1-3H3,(H,18,19)/b11-8+. The molecule has 0 fully saturated rings. The van der Waals surface area contributed by atoms with Crippen LogP contribution in [0.25, 0.3) is 6.08 Å². The Morgan fingerprint density at radius 3 is 1.89 bits per heavy atom. The molecule has 0 heterocycles. The van der Waals surface area contributed by atoms with Crippen LogP contribution in [0.1, 0.15) is 31.9 Å². The number of carboxylic acids is 1. The lowest BCUT2D eigenvalue weighted by molar-refractivity contribution is -0.137. The number of rotatable bonds is 2. The minimum absolute atomic E-state index is 0.146. The van der Waals surface area contributed by atoms with Gasteiger partial charge in [-0.25, -0.2) is 4.79 Å². The molecule has 104 valence electrons. The number of benzene rings is 1. The Morgan fingerprint density at radius 2 is 1.58 bits per heavy atom. The molecule has 0 aliphatic carbocycles. The summed E-state index contributed by atoms with van der Waals surface area (Å²) in [7, 11) is 0. The Balaban J connectivity index is 3.14. The summed E-state index contributed by atoms with van der Waals surface area (Å²) in [5.74, 6) is -1.08. The molecular weight excluding hydrogens is 257 g/mol. The Labute approximate surface area is 109 Å². The first-order valence-electron chi connectivity index (χ1n) is 5.64. The summed E-state index contributed by atoms with van der Waals surface area (Å²) >= 11 is 0. The number of carboxylic acid groups (broad SMARTS) is 1. The fourth-order valence-electron chi connectivity index (χ4n) is 1.53. The molecule has 0 bridgehead atoms. The van der Waals surface area contributed by atoms with Gasteiger partial charge >= 0.3 is 12.1 Å². The van der Waals surface area contributed by atoms with Gasteiger partial charge in [0.05, 0.1) is 5.56 Å². The molecule has 0 amide bonds. The molecule has 0 unspecified atom stereocenters. The summed E-state index contributed by atoms with van der Waals surface area (Å²) in [6, 6.07) is 4.40. The van der Waals surface area contributed by atoms with Gasteiger partial charge in [-0.15, -0.1) is 0 Å². The fourth-order valence-corrected chi connectivity index (χ4v) is 1.53. The van der Waals surface area contributed by atoms with Crippen LogP contribution in [0.4, 0.5) is 13.2 Å². The van der Waals surface area contributed by atoms with E-state index in [1.807, 2.05) is 0 Å². The third-order valence-corrected chi connectivity index (χ3v) is 2.59. The highest BCUT2D eigenvalue weighted by atomic mass is 19.4. The predicted octanol–water partition coefficient (Wildman–Crippen LogP) is 4.22. The second-order valence-electron chi connectivity index (χ2n) is 5.23. The van der Waals surface area contributed by atoms with Crippen molar-refractivity contribution in [1.29, 1.82) is 0 Å². The maximum atomic E-state index is 12.4. The van der Waals surface area contributed by atoms with Crippen LogP contribution in [0.3, 0.4) is 0 Å². The van der Waals surface area contributed by atoms with Crippen molar-refractivity contribution >= 4 is 12.0 Å². The summed E-state index contributed by atoms with van der Waals surface area (Å²) in [6.07, 6.45) is -3.00. The SMILES string of the molecule is CC(C)(C)/C(=C/c1ccc(C(F)(F)F)cc1)C(=O)O. The van der Waals surface area contributed by atoms with Gasteiger partial charge in [0.2, 0.25) is 0 Å². The number of aliphatic carboxylic acids is 1. The molecular formula is C14H15F3O2. The van der Waals surface area contributed by atoms with E-state index < -0.39 is 23.1 Å². The van der Waals surface area contributed by atoms with E-state index in [9.17, 15) is 18.0 Å². The minimum atomic E-state index is -4.39. The number of hydrogen-bond donors (Lipinski definition) is 1. The van der Waals surface area contributed by atoms with Crippen LogP contribution < -0.4 is 0 Å². The normalized spacial score (nSPS) is 13.5. The maximum absolute atomic E-state index is 12.4. The van der Waals surface area contributed by atoms with Crippen LogP contribution in [0, 0.1) is 5.41 Å². The van der Waals surface area contributed by atoms with Crippen molar-refractivity contribution < 1.29 is 23.1 Å². The zero-order valence-corrected chi connectivity index (χ0v) is 10.9. The van der Waals surface area contributed by atoms with Crippen molar-refractivity contribution in [2.75, 3.05) is 0 Å². The van der Waals surface area contributed by atoms with Gasteiger partial charge in [-0.3, -0.25) is 0 Å². The van der Waals surface area contributed by atoms with E-state index in [1.54, 1.807) is 20.8 Å². The van der Waals surface area contributed by atoms with Crippen molar-refractivity contribution in [1.82, 2.24) is 0 Å². The van der Waals surface area contributed by atoms with Gasteiger partial charge in [-0.1, -0.05) is 32.9 Å². The first-order valence-corrected chi connectivity index (χ1v) is 5.64. The van der Waals surface area contributed by atoms with Crippen molar-refractivity contribution in [2.24, 2.45) is 5.41 Å². The third kappa shape index (κ3) is 4.12. The van der Waals surface area contributed by atoms with Gasteiger partial charge in [-0.2, -0.15) is 13.2 Å². The van der Waals surface area contributed by atoms with Gasteiger partial charge in [0.25, 0.3) is 0 Å². The van der Waals surface area contributed by atoms with E-state index in [0.29, 0.717) is 5.56 Å². The van der Waals surface area contributed by atoms with Gasteiger partial charge in [0.1, 0.15) is 0 Å². The van der Waals surface area contributed by atoms with Gasteiger partial charge in [0.15, 0.2) is 0 Å². The Bertz CT molecular complexity index is 491. The maximum Gasteiger partial charge on any atom is 0.416 e. The second kappa shape index (κ2) is 5.07. The van der Waals surface area contributed by atoms with Crippen LogP contribution in [0.2, 0.25) is 0 Å². The van der Waals surface area contributed by atoms with Gasteiger partial charge in [-0.05, 0) is 29.2 Å². The lowest BCUT2D eigenvalue weighted by Crippen LogP contribution is -2.17. The van der Waals surface area contributed by atoms with E-state index in [1.165, 1.54) is 18.2 Å². The molecule has 0 radical (unpaired) electrons. The van der Waals surface area contributed by atoms with Gasteiger partial charge < -0.3 is 5.11 Å². The third-order valence-electron chi connectivity index (χ3n) is 2.59. The topological polar surface area (TPSA) is 37.3 Å². The number of carbonyl (C=O) groups is 1. The van der Waals surface area contributed by atoms with Crippen molar-refractivity contribution in [3.05, 3.63) is 41.0 Å². The Hall–Kier alpha value is -1.78. The van der Waals surface area contributed by atoms with Crippen molar-refractivity contribution in [3.63, 3.8) is 0 Å². The average molecular weight is 272 g/mol. The van der Waals surface area contributed by atoms with Crippen molar-refractivity contribution in [3.8, 4) is 0 Å². The van der Waals surface area contributed by atoms with Crippen LogP contribution in [-0.2, 0) is 11.0 Å². The Morgan fingerprint density at radius 1 is 1.11 bits per heavy atom. The molecule has 0 aliphatic rings. The van der Waals surface area contributed by atoms with E-state index in [4.69, 9.17) is 5.11 Å². The van der Waals surface area contributed by atoms with Crippen molar-refractivity contribution in [2.45, 2.75) is 26.9 Å². The molecule has 2 nitrogen and oxygen atoms in total. The highest BCUT2D eigenvalue weighted by Gasteiger charge is 2.30. The van der Waals surface area contributed by atoms with E-state index in [-0.39, 0.29) is 5.57 Å². The van der Waals surface area contributed by atoms with Gasteiger partial charge in [0, 0.05) is 5.57 Å². The van der Waals surface area contributed by atoms with Crippen LogP contribution in [-0.4, -0.2) is 11.1 Å². The zero-order chi connectivity index (χ0) is 14.8. The summed E-state index contributed by atoms with van der Waals surface area (Å²) in [6.45, 7) is 5.20. The molecule has 1 aromatic carbocycles. The van der Waals surface area contributed by atoms with E-state index in [2.05, 4.69) is 0 Å². The Kier molecular flexibility index (Phi) is 4.08. The molecule has 0 saturated heterocycles. The molecule has 0 saturated carbocycles. The fraction of sp³-hybridized carbons (Fsp3) is 0.357. The molecule has 1 aromatic rings.